The zero-order valence-corrected chi connectivity index (χ0v) is 9.47. The van der Waals surface area contributed by atoms with Crippen LogP contribution in [0.2, 0.25) is 0 Å². The lowest BCUT2D eigenvalue weighted by Gasteiger charge is -2.16. The van der Waals surface area contributed by atoms with Gasteiger partial charge in [0.2, 0.25) is 0 Å². The molecule has 18 heavy (non-hydrogen) atoms. The Hall–Kier alpha value is -1.14. The maximum absolute atomic E-state index is 12.9. The molecule has 0 aliphatic heterocycles. The van der Waals surface area contributed by atoms with E-state index in [4.69, 9.17) is 5.73 Å². The molecule has 0 heterocycles. The van der Waals surface area contributed by atoms with Crippen LogP contribution in [-0.2, 0) is 6.18 Å². The summed E-state index contributed by atoms with van der Waals surface area (Å²) in [7, 11) is 0. The van der Waals surface area contributed by atoms with E-state index in [2.05, 4.69) is 0 Å². The fraction of sp³-hybridized carbons (Fsp3) is 0.500. The van der Waals surface area contributed by atoms with Crippen molar-refractivity contribution in [3.63, 3.8) is 0 Å². The zero-order valence-electron chi connectivity index (χ0n) is 9.47. The Balaban J connectivity index is 2.41. The molecule has 100 valence electrons. The summed E-state index contributed by atoms with van der Waals surface area (Å²) in [4.78, 5) is 0. The number of nitrogens with two attached hydrogens (primary N) is 1. The Kier molecular flexibility index (Phi) is 3.11. The first-order chi connectivity index (χ1) is 8.34. The summed E-state index contributed by atoms with van der Waals surface area (Å²) in [6.45, 7) is -0.147. The Bertz CT molecular complexity index is 454. The van der Waals surface area contributed by atoms with E-state index in [1.165, 1.54) is 0 Å². The second-order valence-corrected chi connectivity index (χ2v) is 4.71. The standard InChI is InChI=1S/C12H13F4NO/c13-7-1-2-8(9(3-7)12(14,15)16)10-4-11(10,5-17)6-18/h1-3,10,18H,4-6,17H2. The molecule has 2 atom stereocenters. The lowest BCUT2D eigenvalue weighted by Crippen LogP contribution is -2.22. The molecule has 0 amide bonds. The zero-order chi connectivity index (χ0) is 13.6. The third kappa shape index (κ3) is 2.10. The molecule has 2 rings (SSSR count). The third-order valence-corrected chi connectivity index (χ3v) is 3.61. The van der Waals surface area contributed by atoms with Crippen LogP contribution in [0.5, 0.6) is 0 Å². The molecule has 0 spiro atoms. The molecule has 1 aliphatic carbocycles. The predicted molar refractivity (Wildman–Crippen MR) is 57.3 cm³/mol. The molecule has 1 saturated carbocycles. The van der Waals surface area contributed by atoms with Crippen molar-refractivity contribution in [1.29, 1.82) is 0 Å². The minimum Gasteiger partial charge on any atom is -0.396 e. The highest BCUT2D eigenvalue weighted by molar-refractivity contribution is 5.39. The van der Waals surface area contributed by atoms with Gasteiger partial charge in [-0.3, -0.25) is 0 Å². The van der Waals surface area contributed by atoms with Crippen molar-refractivity contribution < 1.29 is 22.7 Å². The van der Waals surface area contributed by atoms with Crippen LogP contribution in [0.15, 0.2) is 18.2 Å². The van der Waals surface area contributed by atoms with Gasteiger partial charge in [0.15, 0.2) is 0 Å². The number of hydrogen-bond acceptors (Lipinski definition) is 2. The molecule has 0 aromatic heterocycles. The van der Waals surface area contributed by atoms with Gasteiger partial charge in [0.05, 0.1) is 12.2 Å². The van der Waals surface area contributed by atoms with E-state index >= 15 is 0 Å². The summed E-state index contributed by atoms with van der Waals surface area (Å²) in [6, 6.07) is 2.63. The first-order valence-corrected chi connectivity index (χ1v) is 5.51. The van der Waals surface area contributed by atoms with E-state index in [1.807, 2.05) is 0 Å². The highest BCUT2D eigenvalue weighted by Gasteiger charge is 2.55. The Morgan fingerprint density at radius 2 is 2.06 bits per heavy atom. The van der Waals surface area contributed by atoms with E-state index in [-0.39, 0.29) is 18.7 Å². The van der Waals surface area contributed by atoms with Crippen molar-refractivity contribution in [2.24, 2.45) is 11.1 Å². The van der Waals surface area contributed by atoms with E-state index in [1.54, 1.807) is 0 Å². The summed E-state index contributed by atoms with van der Waals surface area (Å²) < 4.78 is 51.4. The van der Waals surface area contributed by atoms with E-state index in [9.17, 15) is 22.7 Å². The molecular formula is C12H13F4NO. The first kappa shape index (κ1) is 13.3. The van der Waals surface area contributed by atoms with Gasteiger partial charge in [-0.2, -0.15) is 13.2 Å². The highest BCUT2D eigenvalue weighted by Crippen LogP contribution is 2.60. The van der Waals surface area contributed by atoms with Gasteiger partial charge in [0.25, 0.3) is 0 Å². The van der Waals surface area contributed by atoms with Crippen LogP contribution in [0.3, 0.4) is 0 Å². The fourth-order valence-electron chi connectivity index (χ4n) is 2.33. The fourth-order valence-corrected chi connectivity index (χ4v) is 2.33. The van der Waals surface area contributed by atoms with Crippen molar-refractivity contribution >= 4 is 0 Å². The van der Waals surface area contributed by atoms with E-state index < -0.39 is 28.9 Å². The van der Waals surface area contributed by atoms with Crippen LogP contribution >= 0.6 is 0 Å². The minimum absolute atomic E-state index is 0.0170. The molecule has 1 aromatic carbocycles. The van der Waals surface area contributed by atoms with Gasteiger partial charge in [0.1, 0.15) is 5.82 Å². The van der Waals surface area contributed by atoms with Gasteiger partial charge in [-0.25, -0.2) is 4.39 Å². The van der Waals surface area contributed by atoms with Crippen LogP contribution in [0.4, 0.5) is 17.6 Å². The van der Waals surface area contributed by atoms with Crippen LogP contribution in [-0.4, -0.2) is 18.3 Å². The molecule has 3 N–H and O–H groups in total. The molecule has 0 saturated heterocycles. The van der Waals surface area contributed by atoms with Gasteiger partial charge in [-0.15, -0.1) is 0 Å². The number of aliphatic hydroxyl groups is 1. The minimum atomic E-state index is -4.60. The molecule has 2 unspecified atom stereocenters. The quantitative estimate of drug-likeness (QED) is 0.822. The average Bonchev–Trinajstić information content (AvgIpc) is 3.03. The molecular weight excluding hydrogens is 250 g/mol. The largest absolute Gasteiger partial charge is 0.416 e. The highest BCUT2D eigenvalue weighted by atomic mass is 19.4. The van der Waals surface area contributed by atoms with Crippen molar-refractivity contribution in [1.82, 2.24) is 0 Å². The Morgan fingerprint density at radius 3 is 2.50 bits per heavy atom. The lowest BCUT2D eigenvalue weighted by molar-refractivity contribution is -0.138. The molecule has 2 nitrogen and oxygen atoms in total. The molecule has 6 heteroatoms. The summed E-state index contributed by atoms with van der Waals surface area (Å²) >= 11 is 0. The van der Waals surface area contributed by atoms with Crippen LogP contribution in [0.1, 0.15) is 23.5 Å². The van der Waals surface area contributed by atoms with Crippen molar-refractivity contribution in [2.75, 3.05) is 13.2 Å². The number of hydrogen-bond donors (Lipinski definition) is 2. The molecule has 0 bridgehead atoms. The molecule has 1 aliphatic rings. The third-order valence-electron chi connectivity index (χ3n) is 3.61. The second kappa shape index (κ2) is 4.20. The number of aliphatic hydroxyl groups excluding tert-OH is 1. The predicted octanol–water partition coefficient (Wildman–Crippen LogP) is 2.27. The van der Waals surface area contributed by atoms with Crippen molar-refractivity contribution in [2.45, 2.75) is 18.5 Å². The van der Waals surface area contributed by atoms with Gasteiger partial charge in [-0.1, -0.05) is 6.07 Å². The van der Waals surface area contributed by atoms with Gasteiger partial charge >= 0.3 is 6.18 Å². The monoisotopic (exact) mass is 263 g/mol. The Labute approximate surface area is 101 Å². The maximum Gasteiger partial charge on any atom is 0.416 e. The van der Waals surface area contributed by atoms with Gasteiger partial charge in [-0.05, 0) is 30.0 Å². The second-order valence-electron chi connectivity index (χ2n) is 4.71. The van der Waals surface area contributed by atoms with Crippen molar-refractivity contribution in [3.05, 3.63) is 35.1 Å². The van der Waals surface area contributed by atoms with Gasteiger partial charge in [0, 0.05) is 12.0 Å². The Morgan fingerprint density at radius 1 is 1.39 bits per heavy atom. The number of rotatable bonds is 3. The van der Waals surface area contributed by atoms with Crippen LogP contribution < -0.4 is 5.73 Å². The first-order valence-electron chi connectivity index (χ1n) is 5.51. The normalized spacial score (nSPS) is 27.3. The van der Waals surface area contributed by atoms with Crippen LogP contribution in [0.25, 0.3) is 0 Å². The van der Waals surface area contributed by atoms with Crippen molar-refractivity contribution in [3.8, 4) is 0 Å². The van der Waals surface area contributed by atoms with Crippen LogP contribution in [0, 0.1) is 11.2 Å². The number of benzene rings is 1. The maximum atomic E-state index is 12.9. The topological polar surface area (TPSA) is 46.2 Å². The van der Waals surface area contributed by atoms with Gasteiger partial charge < -0.3 is 10.8 Å². The summed E-state index contributed by atoms with van der Waals surface area (Å²) in [5.74, 6) is -1.38. The SMILES string of the molecule is NCC1(CO)CC1c1ccc(F)cc1C(F)(F)F. The summed E-state index contributed by atoms with van der Waals surface area (Å²) in [5.41, 5.74) is 3.84. The summed E-state index contributed by atoms with van der Waals surface area (Å²) in [5, 5.41) is 9.20. The number of halogens is 4. The van der Waals surface area contributed by atoms with E-state index in [0.29, 0.717) is 12.5 Å². The molecule has 1 aromatic rings. The number of alkyl halides is 3. The average molecular weight is 263 g/mol. The molecule has 0 radical (unpaired) electrons. The smallest absolute Gasteiger partial charge is 0.396 e. The summed E-state index contributed by atoms with van der Waals surface area (Å²) in [6.07, 6.45) is -4.20. The molecule has 1 fully saturated rings. The van der Waals surface area contributed by atoms with E-state index in [0.717, 1.165) is 12.1 Å². The lowest BCUT2D eigenvalue weighted by atomic mass is 9.95.